The lowest BCUT2D eigenvalue weighted by molar-refractivity contribution is -0.143. The van der Waals surface area contributed by atoms with Crippen LogP contribution in [-0.2, 0) is 9.53 Å². The number of hydrogen-bond acceptors (Lipinski definition) is 6. The first-order valence-corrected chi connectivity index (χ1v) is 7.44. The van der Waals surface area contributed by atoms with E-state index in [4.69, 9.17) is 10.5 Å². The normalized spacial score (nSPS) is 26.1. The Morgan fingerprint density at radius 2 is 1.95 bits per heavy atom. The van der Waals surface area contributed by atoms with Crippen molar-refractivity contribution in [3.8, 4) is 0 Å². The predicted octanol–water partition coefficient (Wildman–Crippen LogP) is -0.368. The fourth-order valence-electron chi connectivity index (χ4n) is 2.85. The molecule has 0 spiro atoms. The van der Waals surface area contributed by atoms with E-state index < -0.39 is 0 Å². The van der Waals surface area contributed by atoms with Crippen LogP contribution in [-0.4, -0.2) is 65.7 Å². The Hall–Kier alpha value is -1.73. The molecule has 2 atom stereocenters. The number of amides is 1. The van der Waals surface area contributed by atoms with Gasteiger partial charge in [0.05, 0.1) is 6.10 Å². The summed E-state index contributed by atoms with van der Waals surface area (Å²) in [5.74, 6) is 0.824. The number of carbonyl (C=O) groups excluding carboxylic acids is 1. The van der Waals surface area contributed by atoms with E-state index in [9.17, 15) is 4.79 Å². The number of ether oxygens (including phenoxy) is 1. The van der Waals surface area contributed by atoms with Crippen LogP contribution in [0.15, 0.2) is 18.5 Å². The van der Waals surface area contributed by atoms with Gasteiger partial charge >= 0.3 is 0 Å². The van der Waals surface area contributed by atoms with Gasteiger partial charge in [0.25, 0.3) is 5.91 Å². The van der Waals surface area contributed by atoms with Crippen molar-refractivity contribution in [2.75, 3.05) is 37.6 Å². The summed E-state index contributed by atoms with van der Waals surface area (Å²) in [6.45, 7) is 3.36. The zero-order chi connectivity index (χ0) is 14.7. The van der Waals surface area contributed by atoms with Crippen molar-refractivity contribution in [1.29, 1.82) is 0 Å². The van der Waals surface area contributed by atoms with E-state index in [0.717, 1.165) is 31.9 Å². The van der Waals surface area contributed by atoms with E-state index in [1.807, 2.05) is 4.90 Å². The summed E-state index contributed by atoms with van der Waals surface area (Å²) in [4.78, 5) is 24.9. The molecule has 2 aliphatic rings. The van der Waals surface area contributed by atoms with Gasteiger partial charge in [-0.1, -0.05) is 0 Å². The SMILES string of the molecule is NC[C@H]1CC[C@@H](C(=O)N2CCN(c3ncccn3)CC2)O1. The molecule has 0 aromatic carbocycles. The average Bonchev–Trinajstić information content (AvgIpc) is 3.04. The van der Waals surface area contributed by atoms with E-state index in [2.05, 4.69) is 14.9 Å². The highest BCUT2D eigenvalue weighted by atomic mass is 16.5. The average molecular weight is 291 g/mol. The van der Waals surface area contributed by atoms with E-state index >= 15 is 0 Å². The molecule has 0 unspecified atom stereocenters. The lowest BCUT2D eigenvalue weighted by Gasteiger charge is -2.35. The topological polar surface area (TPSA) is 84.6 Å². The first kappa shape index (κ1) is 14.2. The van der Waals surface area contributed by atoms with Crippen LogP contribution in [0.3, 0.4) is 0 Å². The molecule has 2 aliphatic heterocycles. The number of aromatic nitrogens is 2. The first-order valence-electron chi connectivity index (χ1n) is 7.44. The molecule has 3 heterocycles. The maximum atomic E-state index is 12.4. The Labute approximate surface area is 124 Å². The van der Waals surface area contributed by atoms with E-state index in [-0.39, 0.29) is 18.1 Å². The molecule has 1 aromatic heterocycles. The van der Waals surface area contributed by atoms with Gasteiger partial charge in [-0.2, -0.15) is 0 Å². The third-order valence-electron chi connectivity index (χ3n) is 4.07. The first-order chi connectivity index (χ1) is 10.3. The number of nitrogens with two attached hydrogens (primary N) is 1. The number of anilines is 1. The lowest BCUT2D eigenvalue weighted by atomic mass is 10.1. The monoisotopic (exact) mass is 291 g/mol. The third kappa shape index (κ3) is 3.14. The Morgan fingerprint density at radius 3 is 2.57 bits per heavy atom. The van der Waals surface area contributed by atoms with Gasteiger partial charge in [-0.25, -0.2) is 9.97 Å². The maximum absolute atomic E-state index is 12.4. The van der Waals surface area contributed by atoms with E-state index in [1.54, 1.807) is 18.5 Å². The van der Waals surface area contributed by atoms with Gasteiger partial charge < -0.3 is 20.3 Å². The largest absolute Gasteiger partial charge is 0.364 e. The van der Waals surface area contributed by atoms with Crippen molar-refractivity contribution in [3.05, 3.63) is 18.5 Å². The van der Waals surface area contributed by atoms with E-state index in [1.165, 1.54) is 0 Å². The summed E-state index contributed by atoms with van der Waals surface area (Å²) in [6.07, 6.45) is 4.86. The maximum Gasteiger partial charge on any atom is 0.251 e. The highest BCUT2D eigenvalue weighted by Crippen LogP contribution is 2.21. The molecule has 1 amide bonds. The van der Waals surface area contributed by atoms with Crippen LogP contribution in [0.2, 0.25) is 0 Å². The van der Waals surface area contributed by atoms with Gasteiger partial charge in [0.1, 0.15) is 6.10 Å². The molecule has 7 heteroatoms. The third-order valence-corrected chi connectivity index (χ3v) is 4.07. The van der Waals surface area contributed by atoms with Crippen LogP contribution in [0.4, 0.5) is 5.95 Å². The van der Waals surface area contributed by atoms with Crippen LogP contribution in [0.1, 0.15) is 12.8 Å². The molecule has 7 nitrogen and oxygen atoms in total. The number of piperazine rings is 1. The van der Waals surface area contributed by atoms with Crippen molar-refractivity contribution in [1.82, 2.24) is 14.9 Å². The zero-order valence-corrected chi connectivity index (χ0v) is 12.0. The minimum Gasteiger partial charge on any atom is -0.364 e. The molecular formula is C14H21N5O2. The molecule has 114 valence electrons. The number of nitrogens with zero attached hydrogens (tertiary/aromatic N) is 4. The van der Waals surface area contributed by atoms with Crippen molar-refractivity contribution in [2.45, 2.75) is 25.0 Å². The fraction of sp³-hybridized carbons (Fsp3) is 0.643. The van der Waals surface area contributed by atoms with Gasteiger partial charge in [-0.3, -0.25) is 4.79 Å². The van der Waals surface area contributed by atoms with Gasteiger partial charge in [0, 0.05) is 45.1 Å². The second-order valence-electron chi connectivity index (χ2n) is 5.42. The Balaban J connectivity index is 1.53. The predicted molar refractivity (Wildman–Crippen MR) is 77.8 cm³/mol. The van der Waals surface area contributed by atoms with Gasteiger partial charge in [-0.05, 0) is 18.9 Å². The van der Waals surface area contributed by atoms with Crippen LogP contribution in [0.25, 0.3) is 0 Å². The minimum atomic E-state index is -0.307. The van der Waals surface area contributed by atoms with Gasteiger partial charge in [-0.15, -0.1) is 0 Å². The number of hydrogen-bond donors (Lipinski definition) is 1. The lowest BCUT2D eigenvalue weighted by Crippen LogP contribution is -2.52. The van der Waals surface area contributed by atoms with Gasteiger partial charge in [0.2, 0.25) is 5.95 Å². The van der Waals surface area contributed by atoms with Gasteiger partial charge in [0.15, 0.2) is 0 Å². The van der Waals surface area contributed by atoms with Crippen LogP contribution >= 0.6 is 0 Å². The summed E-state index contributed by atoms with van der Waals surface area (Å²) in [6, 6.07) is 1.80. The highest BCUT2D eigenvalue weighted by Gasteiger charge is 2.34. The Morgan fingerprint density at radius 1 is 1.24 bits per heavy atom. The molecule has 1 aromatic rings. The summed E-state index contributed by atoms with van der Waals surface area (Å²) in [5, 5.41) is 0. The standard InChI is InChI=1S/C14H21N5O2/c15-10-11-2-3-12(21-11)13(20)18-6-8-19(9-7-18)14-16-4-1-5-17-14/h1,4-5,11-12H,2-3,6-10,15H2/t11-,12+/m1/s1. The van der Waals surface area contributed by atoms with Crippen molar-refractivity contribution in [3.63, 3.8) is 0 Å². The minimum absolute atomic E-state index is 0.0398. The van der Waals surface area contributed by atoms with Crippen molar-refractivity contribution in [2.24, 2.45) is 5.73 Å². The van der Waals surface area contributed by atoms with Crippen molar-refractivity contribution >= 4 is 11.9 Å². The van der Waals surface area contributed by atoms with Crippen LogP contribution in [0.5, 0.6) is 0 Å². The Bertz CT molecular complexity index is 476. The second kappa shape index (κ2) is 6.36. The number of carbonyl (C=O) groups is 1. The molecule has 0 bridgehead atoms. The van der Waals surface area contributed by atoms with Crippen LogP contribution in [0, 0.1) is 0 Å². The van der Waals surface area contributed by atoms with E-state index in [0.29, 0.717) is 19.6 Å². The molecule has 2 N–H and O–H groups in total. The molecule has 0 aliphatic carbocycles. The molecule has 0 radical (unpaired) electrons. The van der Waals surface area contributed by atoms with Crippen molar-refractivity contribution < 1.29 is 9.53 Å². The second-order valence-corrected chi connectivity index (χ2v) is 5.42. The molecule has 2 saturated heterocycles. The smallest absolute Gasteiger partial charge is 0.251 e. The summed E-state index contributed by atoms with van der Waals surface area (Å²) < 4.78 is 5.68. The molecule has 21 heavy (non-hydrogen) atoms. The fourth-order valence-corrected chi connectivity index (χ4v) is 2.85. The summed E-state index contributed by atoms with van der Waals surface area (Å²) in [7, 11) is 0. The highest BCUT2D eigenvalue weighted by molar-refractivity contribution is 5.81. The molecule has 2 fully saturated rings. The van der Waals surface area contributed by atoms with Crippen LogP contribution < -0.4 is 10.6 Å². The molecular weight excluding hydrogens is 270 g/mol. The molecule has 3 rings (SSSR count). The summed E-state index contributed by atoms with van der Waals surface area (Å²) >= 11 is 0. The Kier molecular flexibility index (Phi) is 4.31. The quantitative estimate of drug-likeness (QED) is 0.818. The summed E-state index contributed by atoms with van der Waals surface area (Å²) in [5.41, 5.74) is 5.59. The zero-order valence-electron chi connectivity index (χ0n) is 12.0. The molecule has 0 saturated carbocycles. The number of rotatable bonds is 3.